The third kappa shape index (κ3) is 3.44. The van der Waals surface area contributed by atoms with Gasteiger partial charge < -0.3 is 10.6 Å². The van der Waals surface area contributed by atoms with E-state index >= 15 is 0 Å². The van der Waals surface area contributed by atoms with Crippen molar-refractivity contribution in [1.82, 2.24) is 15.1 Å². The Morgan fingerprint density at radius 2 is 2.29 bits per heavy atom. The van der Waals surface area contributed by atoms with E-state index in [0.717, 1.165) is 25.6 Å². The Bertz CT molecular complexity index is 442. The third-order valence-corrected chi connectivity index (χ3v) is 3.12. The van der Waals surface area contributed by atoms with Crippen LogP contribution in [0, 0.1) is 0 Å². The number of halogens is 1. The number of anilines is 1. The van der Waals surface area contributed by atoms with Crippen LogP contribution in [0.15, 0.2) is 11.0 Å². The van der Waals surface area contributed by atoms with E-state index in [1.807, 2.05) is 0 Å². The van der Waals surface area contributed by atoms with Gasteiger partial charge in [-0.15, -0.1) is 0 Å². The maximum atomic E-state index is 11.5. The highest BCUT2D eigenvalue weighted by Gasteiger charge is 2.19. The fraction of sp³-hybridized carbons (Fsp3) is 0.636. The summed E-state index contributed by atoms with van der Waals surface area (Å²) < 4.78 is 1.22. The molecule has 0 amide bonds. The van der Waals surface area contributed by atoms with Crippen molar-refractivity contribution in [3.63, 3.8) is 0 Å². The summed E-state index contributed by atoms with van der Waals surface area (Å²) in [6.07, 6.45) is 5.19. The van der Waals surface area contributed by atoms with Gasteiger partial charge in [0.2, 0.25) is 0 Å². The SMILES string of the molecule is Cn1ncc(NCCCNC2CC2)c(Cl)c1=O. The molecule has 1 aromatic heterocycles. The minimum atomic E-state index is -0.271. The third-order valence-electron chi connectivity index (χ3n) is 2.76. The molecule has 1 saturated carbocycles. The van der Waals surface area contributed by atoms with Crippen LogP contribution >= 0.6 is 11.6 Å². The van der Waals surface area contributed by atoms with E-state index in [0.29, 0.717) is 5.69 Å². The molecule has 0 radical (unpaired) electrons. The van der Waals surface area contributed by atoms with E-state index in [1.165, 1.54) is 17.5 Å². The number of rotatable bonds is 6. The van der Waals surface area contributed by atoms with Gasteiger partial charge in [-0.05, 0) is 25.8 Å². The topological polar surface area (TPSA) is 59.0 Å². The molecule has 6 heteroatoms. The fourth-order valence-corrected chi connectivity index (χ4v) is 1.78. The molecular formula is C11H17ClN4O. The maximum absolute atomic E-state index is 11.5. The van der Waals surface area contributed by atoms with Gasteiger partial charge in [-0.3, -0.25) is 4.79 Å². The van der Waals surface area contributed by atoms with Crippen LogP contribution in [0.1, 0.15) is 19.3 Å². The molecule has 0 aliphatic heterocycles. The quantitative estimate of drug-likeness (QED) is 0.746. The fourth-order valence-electron chi connectivity index (χ4n) is 1.54. The first kappa shape index (κ1) is 12.4. The zero-order valence-electron chi connectivity index (χ0n) is 9.87. The normalized spacial score (nSPS) is 14.9. The summed E-state index contributed by atoms with van der Waals surface area (Å²) in [6, 6.07) is 0.740. The average Bonchev–Trinajstić information content (AvgIpc) is 3.12. The van der Waals surface area contributed by atoms with Crippen LogP contribution in [0.3, 0.4) is 0 Å². The van der Waals surface area contributed by atoms with Crippen LogP contribution in [-0.4, -0.2) is 28.9 Å². The highest BCUT2D eigenvalue weighted by atomic mass is 35.5. The van der Waals surface area contributed by atoms with Crippen molar-refractivity contribution in [2.75, 3.05) is 18.4 Å². The van der Waals surface area contributed by atoms with Gasteiger partial charge in [0.25, 0.3) is 5.56 Å². The minimum Gasteiger partial charge on any atom is -0.382 e. The summed E-state index contributed by atoms with van der Waals surface area (Å²) in [7, 11) is 1.58. The molecule has 5 nitrogen and oxygen atoms in total. The summed E-state index contributed by atoms with van der Waals surface area (Å²) >= 11 is 5.92. The summed E-state index contributed by atoms with van der Waals surface area (Å²) in [5.41, 5.74) is 0.342. The number of nitrogens with zero attached hydrogens (tertiary/aromatic N) is 2. The Kier molecular flexibility index (Phi) is 4.02. The zero-order valence-corrected chi connectivity index (χ0v) is 10.6. The molecule has 94 valence electrons. The van der Waals surface area contributed by atoms with Gasteiger partial charge in [-0.1, -0.05) is 11.6 Å². The lowest BCUT2D eigenvalue weighted by Crippen LogP contribution is -2.22. The second kappa shape index (κ2) is 5.51. The van der Waals surface area contributed by atoms with Crippen molar-refractivity contribution in [3.8, 4) is 0 Å². The molecule has 0 unspecified atom stereocenters. The number of aryl methyl sites for hydroxylation is 1. The number of hydrogen-bond donors (Lipinski definition) is 2. The van der Waals surface area contributed by atoms with E-state index < -0.39 is 0 Å². The van der Waals surface area contributed by atoms with Crippen LogP contribution in [-0.2, 0) is 7.05 Å². The van der Waals surface area contributed by atoms with Crippen LogP contribution < -0.4 is 16.2 Å². The maximum Gasteiger partial charge on any atom is 0.287 e. The lowest BCUT2D eigenvalue weighted by Gasteiger charge is -2.08. The Labute approximate surface area is 105 Å². The first-order chi connectivity index (χ1) is 8.18. The highest BCUT2D eigenvalue weighted by molar-refractivity contribution is 6.32. The van der Waals surface area contributed by atoms with Gasteiger partial charge >= 0.3 is 0 Å². The lowest BCUT2D eigenvalue weighted by atomic mass is 10.4. The van der Waals surface area contributed by atoms with E-state index in [-0.39, 0.29) is 10.6 Å². The number of hydrogen-bond acceptors (Lipinski definition) is 4. The molecule has 0 saturated heterocycles. The predicted octanol–water partition coefficient (Wildman–Crippen LogP) is 0.988. The Morgan fingerprint density at radius 1 is 1.53 bits per heavy atom. The average molecular weight is 257 g/mol. The molecule has 2 N–H and O–H groups in total. The molecule has 1 aliphatic rings. The summed E-state index contributed by atoms with van der Waals surface area (Å²) in [5.74, 6) is 0. The van der Waals surface area contributed by atoms with Crippen LogP contribution in [0.5, 0.6) is 0 Å². The van der Waals surface area contributed by atoms with Gasteiger partial charge in [-0.25, -0.2) is 4.68 Å². The van der Waals surface area contributed by atoms with Crippen molar-refractivity contribution in [2.24, 2.45) is 7.05 Å². The highest BCUT2D eigenvalue weighted by Crippen LogP contribution is 2.18. The molecule has 0 bridgehead atoms. The van der Waals surface area contributed by atoms with E-state index in [2.05, 4.69) is 15.7 Å². The van der Waals surface area contributed by atoms with Crippen molar-refractivity contribution < 1.29 is 0 Å². The van der Waals surface area contributed by atoms with Gasteiger partial charge in [0.15, 0.2) is 0 Å². The van der Waals surface area contributed by atoms with Crippen molar-refractivity contribution >= 4 is 17.3 Å². The van der Waals surface area contributed by atoms with Crippen molar-refractivity contribution in [3.05, 3.63) is 21.6 Å². The van der Waals surface area contributed by atoms with Crippen LogP contribution in [0.25, 0.3) is 0 Å². The van der Waals surface area contributed by atoms with Crippen LogP contribution in [0.4, 0.5) is 5.69 Å². The van der Waals surface area contributed by atoms with E-state index in [1.54, 1.807) is 13.2 Å². The van der Waals surface area contributed by atoms with Crippen molar-refractivity contribution in [1.29, 1.82) is 0 Å². The minimum absolute atomic E-state index is 0.206. The molecule has 1 aromatic rings. The summed E-state index contributed by atoms with van der Waals surface area (Å²) in [5, 5.41) is 10.7. The number of nitrogens with one attached hydrogen (secondary N) is 2. The molecule has 2 rings (SSSR count). The lowest BCUT2D eigenvalue weighted by molar-refractivity contribution is 0.658. The smallest absolute Gasteiger partial charge is 0.287 e. The monoisotopic (exact) mass is 256 g/mol. The molecule has 1 aliphatic carbocycles. The summed E-state index contributed by atoms with van der Waals surface area (Å²) in [4.78, 5) is 11.5. The van der Waals surface area contributed by atoms with E-state index in [9.17, 15) is 4.79 Å². The largest absolute Gasteiger partial charge is 0.382 e. The van der Waals surface area contributed by atoms with Gasteiger partial charge in [0.1, 0.15) is 5.02 Å². The Morgan fingerprint density at radius 3 is 3.00 bits per heavy atom. The second-order valence-electron chi connectivity index (χ2n) is 4.31. The second-order valence-corrected chi connectivity index (χ2v) is 4.69. The molecule has 1 heterocycles. The standard InChI is InChI=1S/C11H17ClN4O/c1-16-11(17)10(12)9(7-15-16)14-6-2-5-13-8-3-4-8/h7-8,13-14H,2-6H2,1H3. The molecular weight excluding hydrogens is 240 g/mol. The Hall–Kier alpha value is -1.07. The van der Waals surface area contributed by atoms with Crippen LogP contribution in [0.2, 0.25) is 5.02 Å². The predicted molar refractivity (Wildman–Crippen MR) is 68.6 cm³/mol. The molecule has 0 aromatic carbocycles. The molecule has 0 atom stereocenters. The van der Waals surface area contributed by atoms with Gasteiger partial charge in [0, 0.05) is 19.6 Å². The first-order valence-corrected chi connectivity index (χ1v) is 6.25. The first-order valence-electron chi connectivity index (χ1n) is 5.87. The van der Waals surface area contributed by atoms with Crippen molar-refractivity contribution in [2.45, 2.75) is 25.3 Å². The molecule has 0 spiro atoms. The molecule has 1 fully saturated rings. The van der Waals surface area contributed by atoms with Gasteiger partial charge in [-0.2, -0.15) is 5.10 Å². The Balaban J connectivity index is 1.77. The van der Waals surface area contributed by atoms with Gasteiger partial charge in [0.05, 0.1) is 11.9 Å². The number of aromatic nitrogens is 2. The molecule has 17 heavy (non-hydrogen) atoms. The zero-order chi connectivity index (χ0) is 12.3. The summed E-state index contributed by atoms with van der Waals surface area (Å²) in [6.45, 7) is 1.78. The van der Waals surface area contributed by atoms with E-state index in [4.69, 9.17) is 11.6 Å².